The lowest BCUT2D eigenvalue weighted by molar-refractivity contribution is -0.277. The normalized spacial score (nSPS) is 28.1. The lowest BCUT2D eigenvalue weighted by Gasteiger charge is -2.39. The number of rotatable bonds is 6. The Hall–Kier alpha value is -2.37. The molecule has 10 nitrogen and oxygen atoms in total. The number of H-pyrrole nitrogens is 1. The number of esters is 1. The van der Waals surface area contributed by atoms with Crippen LogP contribution >= 0.6 is 0 Å². The van der Waals surface area contributed by atoms with Crippen molar-refractivity contribution in [2.75, 3.05) is 20.3 Å². The number of aliphatic hydroxyl groups is 4. The van der Waals surface area contributed by atoms with Crippen LogP contribution in [0.4, 0.5) is 0 Å². The van der Waals surface area contributed by atoms with E-state index in [1.54, 1.807) is 18.2 Å². The summed E-state index contributed by atoms with van der Waals surface area (Å²) < 4.78 is 20.8. The van der Waals surface area contributed by atoms with Crippen molar-refractivity contribution in [2.24, 2.45) is 0 Å². The number of aromatic nitrogens is 1. The zero-order chi connectivity index (χ0) is 19.6. The van der Waals surface area contributed by atoms with Gasteiger partial charge in [0.15, 0.2) is 6.61 Å². The highest BCUT2D eigenvalue weighted by atomic mass is 16.7. The van der Waals surface area contributed by atoms with Crippen molar-refractivity contribution >= 4 is 16.9 Å². The quantitative estimate of drug-likeness (QED) is 0.392. The van der Waals surface area contributed by atoms with E-state index in [-0.39, 0.29) is 12.4 Å². The Morgan fingerprint density at radius 2 is 2.00 bits per heavy atom. The first kappa shape index (κ1) is 19.4. The van der Waals surface area contributed by atoms with E-state index in [2.05, 4.69) is 9.72 Å². The topological polar surface area (TPSA) is 151 Å². The Kier molecular flexibility index (Phi) is 5.82. The van der Waals surface area contributed by atoms with Gasteiger partial charge in [0.05, 0.1) is 13.7 Å². The maximum atomic E-state index is 11.2. The first-order valence-corrected chi connectivity index (χ1v) is 8.22. The highest BCUT2D eigenvalue weighted by molar-refractivity contribution is 5.87. The van der Waals surface area contributed by atoms with E-state index in [9.17, 15) is 25.2 Å². The van der Waals surface area contributed by atoms with Crippen LogP contribution in [0.15, 0.2) is 24.4 Å². The van der Waals surface area contributed by atoms with Gasteiger partial charge in [-0.1, -0.05) is 0 Å². The Balaban J connectivity index is 1.79. The second-order valence-electron chi connectivity index (χ2n) is 6.04. The number of aromatic amines is 1. The molecule has 0 aliphatic carbocycles. The van der Waals surface area contributed by atoms with Gasteiger partial charge < -0.3 is 44.4 Å². The fourth-order valence-corrected chi connectivity index (χ4v) is 2.75. The fourth-order valence-electron chi connectivity index (χ4n) is 2.75. The molecule has 148 valence electrons. The maximum Gasteiger partial charge on any atom is 0.343 e. The number of hydrogen-bond acceptors (Lipinski definition) is 9. The molecular weight excluding hydrogens is 362 g/mol. The molecule has 5 atom stereocenters. The first-order chi connectivity index (χ1) is 12.9. The van der Waals surface area contributed by atoms with Crippen molar-refractivity contribution in [1.29, 1.82) is 0 Å². The number of carbonyl (C=O) groups is 1. The third kappa shape index (κ3) is 3.99. The van der Waals surface area contributed by atoms with Crippen LogP contribution in [-0.4, -0.2) is 82.4 Å². The van der Waals surface area contributed by atoms with Crippen LogP contribution in [-0.2, 0) is 14.3 Å². The zero-order valence-electron chi connectivity index (χ0n) is 14.4. The molecule has 3 rings (SSSR count). The van der Waals surface area contributed by atoms with Crippen molar-refractivity contribution in [2.45, 2.75) is 30.7 Å². The SMILES string of the molecule is COC(=O)COc1ccc2[nH]cc(O[C@@H]3O[C@H](CO)[C@@H](O)[C@H](O)[C@H]3O)c2c1. The van der Waals surface area contributed by atoms with Gasteiger partial charge in [-0.3, -0.25) is 0 Å². The number of ether oxygens (including phenoxy) is 4. The van der Waals surface area contributed by atoms with Crippen molar-refractivity contribution in [1.82, 2.24) is 4.98 Å². The fraction of sp³-hybridized carbons (Fsp3) is 0.471. The van der Waals surface area contributed by atoms with E-state index in [4.69, 9.17) is 14.2 Å². The maximum absolute atomic E-state index is 11.2. The number of hydrogen-bond donors (Lipinski definition) is 5. The van der Waals surface area contributed by atoms with Crippen molar-refractivity contribution in [3.63, 3.8) is 0 Å². The third-order valence-electron chi connectivity index (χ3n) is 4.29. The van der Waals surface area contributed by atoms with Gasteiger partial charge in [-0.2, -0.15) is 0 Å². The molecule has 10 heteroatoms. The van der Waals surface area contributed by atoms with Crippen LogP contribution in [0.5, 0.6) is 11.5 Å². The van der Waals surface area contributed by atoms with E-state index in [0.29, 0.717) is 16.7 Å². The molecule has 2 heterocycles. The number of benzene rings is 1. The molecule has 0 unspecified atom stereocenters. The monoisotopic (exact) mass is 383 g/mol. The summed E-state index contributed by atoms with van der Waals surface area (Å²) in [6.45, 7) is -0.806. The Labute approximate surface area is 153 Å². The first-order valence-electron chi connectivity index (χ1n) is 8.22. The summed E-state index contributed by atoms with van der Waals surface area (Å²) in [7, 11) is 1.26. The minimum atomic E-state index is -1.54. The average Bonchev–Trinajstić information content (AvgIpc) is 3.08. The van der Waals surface area contributed by atoms with Crippen LogP contribution < -0.4 is 9.47 Å². The number of aliphatic hydroxyl groups excluding tert-OH is 4. The molecular formula is C17H21NO9. The van der Waals surface area contributed by atoms with Gasteiger partial charge >= 0.3 is 5.97 Å². The summed E-state index contributed by atoms with van der Waals surface area (Å²) in [6.07, 6.45) is -5.38. The van der Waals surface area contributed by atoms with Gasteiger partial charge in [-0.05, 0) is 18.2 Å². The molecule has 1 aromatic heterocycles. The number of fused-ring (bicyclic) bond motifs is 1. The molecule has 1 aromatic carbocycles. The number of nitrogens with one attached hydrogen (secondary N) is 1. The predicted octanol–water partition coefficient (Wildman–Crippen LogP) is -1.10. The summed E-state index contributed by atoms with van der Waals surface area (Å²) in [5, 5.41) is 39.6. The molecule has 0 radical (unpaired) electrons. The molecule has 1 aliphatic rings. The summed E-state index contributed by atoms with van der Waals surface area (Å²) in [5.74, 6) is 0.158. The molecule has 2 aromatic rings. The minimum Gasteiger partial charge on any atom is -0.482 e. The van der Waals surface area contributed by atoms with E-state index in [0.717, 1.165) is 0 Å². The molecule has 5 N–H and O–H groups in total. The zero-order valence-corrected chi connectivity index (χ0v) is 14.4. The minimum absolute atomic E-state index is 0.255. The molecule has 1 saturated heterocycles. The van der Waals surface area contributed by atoms with E-state index < -0.39 is 43.3 Å². The Morgan fingerprint density at radius 3 is 2.70 bits per heavy atom. The number of carbonyl (C=O) groups excluding carboxylic acids is 1. The Bertz CT molecular complexity index is 790. The lowest BCUT2D eigenvalue weighted by Crippen LogP contribution is -2.60. The largest absolute Gasteiger partial charge is 0.482 e. The van der Waals surface area contributed by atoms with Gasteiger partial charge in [0, 0.05) is 17.1 Å². The molecule has 27 heavy (non-hydrogen) atoms. The Morgan fingerprint density at radius 1 is 1.22 bits per heavy atom. The van der Waals surface area contributed by atoms with Gasteiger partial charge in [0.25, 0.3) is 0 Å². The highest BCUT2D eigenvalue weighted by Gasteiger charge is 2.44. The van der Waals surface area contributed by atoms with E-state index in [1.807, 2.05) is 0 Å². The molecule has 0 amide bonds. The summed E-state index contributed by atoms with van der Waals surface area (Å²) in [5.41, 5.74) is 0.694. The van der Waals surface area contributed by atoms with Crippen LogP contribution in [0.3, 0.4) is 0 Å². The smallest absolute Gasteiger partial charge is 0.343 e. The standard InChI is InChI=1S/C17H21NO9/c1-24-13(20)7-25-8-2-3-10-9(4-8)11(5-18-10)26-17-16(23)15(22)14(21)12(6-19)27-17/h2-5,12,14-19,21-23H,6-7H2,1H3/t12-,14-,15+,16-,17-/m1/s1. The summed E-state index contributed by atoms with van der Waals surface area (Å²) in [6, 6.07) is 4.98. The average molecular weight is 383 g/mol. The molecule has 1 aliphatic heterocycles. The summed E-state index contributed by atoms with van der Waals surface area (Å²) >= 11 is 0. The van der Waals surface area contributed by atoms with Gasteiger partial charge in [0.2, 0.25) is 6.29 Å². The van der Waals surface area contributed by atoms with E-state index >= 15 is 0 Å². The van der Waals surface area contributed by atoms with Gasteiger partial charge in [0.1, 0.15) is 35.9 Å². The molecule has 0 spiro atoms. The highest BCUT2D eigenvalue weighted by Crippen LogP contribution is 2.32. The predicted molar refractivity (Wildman–Crippen MR) is 90.2 cm³/mol. The van der Waals surface area contributed by atoms with Gasteiger partial charge in [-0.25, -0.2) is 4.79 Å². The van der Waals surface area contributed by atoms with Crippen molar-refractivity contribution in [3.8, 4) is 11.5 Å². The second kappa shape index (κ2) is 8.11. The van der Waals surface area contributed by atoms with Gasteiger partial charge in [-0.15, -0.1) is 0 Å². The molecule has 0 bridgehead atoms. The second-order valence-corrected chi connectivity index (χ2v) is 6.04. The van der Waals surface area contributed by atoms with Crippen LogP contribution in [0, 0.1) is 0 Å². The molecule has 0 saturated carbocycles. The lowest BCUT2D eigenvalue weighted by atomic mass is 9.99. The molecule has 1 fully saturated rings. The van der Waals surface area contributed by atoms with Crippen LogP contribution in [0.1, 0.15) is 0 Å². The summed E-state index contributed by atoms with van der Waals surface area (Å²) in [4.78, 5) is 14.2. The van der Waals surface area contributed by atoms with Crippen LogP contribution in [0.25, 0.3) is 10.9 Å². The third-order valence-corrected chi connectivity index (χ3v) is 4.29. The van der Waals surface area contributed by atoms with E-state index in [1.165, 1.54) is 13.3 Å². The van der Waals surface area contributed by atoms with Crippen molar-refractivity contribution in [3.05, 3.63) is 24.4 Å². The van der Waals surface area contributed by atoms with Crippen molar-refractivity contribution < 1.29 is 44.2 Å². The van der Waals surface area contributed by atoms with Crippen LogP contribution in [0.2, 0.25) is 0 Å². The number of methoxy groups -OCH3 is 1.